The van der Waals surface area contributed by atoms with E-state index in [4.69, 9.17) is 9.97 Å². The summed E-state index contributed by atoms with van der Waals surface area (Å²) in [7, 11) is 0. The highest BCUT2D eigenvalue weighted by atomic mass is 16.3. The van der Waals surface area contributed by atoms with Gasteiger partial charge in [-0.2, -0.15) is 0 Å². The third-order valence-corrected chi connectivity index (χ3v) is 10.7. The summed E-state index contributed by atoms with van der Waals surface area (Å²) in [6.45, 7) is 34.2. The SMILES string of the molecule is CC(C)(C)c1ccnc(-c2cc(-c3cccc4c3nc(-c3ccccc3O)n4-c3c(C(C)(C)C)cccc3C(C)(C)C)c(C(C)(C)C)cc2C(C)(C)C)c1. The molecular weight excluding hydrogens is 659 g/mol. The van der Waals surface area contributed by atoms with Gasteiger partial charge in [0.05, 0.1) is 28.0 Å². The largest absolute Gasteiger partial charge is 0.507 e. The van der Waals surface area contributed by atoms with Crippen molar-refractivity contribution in [3.8, 4) is 45.2 Å². The van der Waals surface area contributed by atoms with E-state index in [1.807, 2.05) is 24.4 Å². The Morgan fingerprint density at radius 2 is 1.02 bits per heavy atom. The Morgan fingerprint density at radius 3 is 1.57 bits per heavy atom. The highest BCUT2D eigenvalue weighted by Crippen LogP contribution is 2.47. The van der Waals surface area contributed by atoms with Crippen molar-refractivity contribution in [2.24, 2.45) is 0 Å². The Bertz CT molecular complexity index is 2320. The number of para-hydroxylation sites is 3. The number of imidazole rings is 1. The maximum Gasteiger partial charge on any atom is 0.149 e. The van der Waals surface area contributed by atoms with Crippen LogP contribution in [0.3, 0.4) is 0 Å². The first-order valence-corrected chi connectivity index (χ1v) is 19.5. The van der Waals surface area contributed by atoms with E-state index in [0.29, 0.717) is 5.56 Å². The van der Waals surface area contributed by atoms with Crippen LogP contribution in [0.25, 0.3) is 50.5 Å². The minimum Gasteiger partial charge on any atom is -0.507 e. The molecule has 0 aliphatic carbocycles. The summed E-state index contributed by atoms with van der Waals surface area (Å²) in [6.07, 6.45) is 1.96. The lowest BCUT2D eigenvalue weighted by molar-refractivity contribution is 0.477. The van der Waals surface area contributed by atoms with Crippen LogP contribution in [0, 0.1) is 0 Å². The van der Waals surface area contributed by atoms with Crippen molar-refractivity contribution >= 4 is 11.0 Å². The zero-order valence-electron chi connectivity index (χ0n) is 35.4. The van der Waals surface area contributed by atoms with Gasteiger partial charge in [-0.25, -0.2) is 4.98 Å². The van der Waals surface area contributed by atoms with Gasteiger partial charge < -0.3 is 5.11 Å². The second kappa shape index (κ2) is 13.3. The second-order valence-electron chi connectivity index (χ2n) is 20.3. The fourth-order valence-corrected chi connectivity index (χ4v) is 7.70. The average molecular weight is 720 g/mol. The lowest BCUT2D eigenvalue weighted by atomic mass is 9.74. The van der Waals surface area contributed by atoms with Gasteiger partial charge in [-0.15, -0.1) is 0 Å². The molecule has 0 unspecified atom stereocenters. The number of pyridine rings is 1. The molecule has 6 aromatic rings. The molecule has 0 fully saturated rings. The van der Waals surface area contributed by atoms with Gasteiger partial charge in [0.25, 0.3) is 0 Å². The fraction of sp³-hybridized carbons (Fsp3) is 0.400. The molecule has 4 nitrogen and oxygen atoms in total. The standard InChI is InChI=1S/C50H61N3O/c1-46(2,3)31-26-27-51-40(28-31)35-29-34(38(49(10,11)12)30-39(35)50(13,14)15)32-21-18-24-41-43(32)52-45(33-20-16-17-25-42(33)54)53(41)44-36(47(4,5)6)22-19-23-37(44)48(7,8)9/h16-30,54H,1-15H3. The minimum atomic E-state index is -0.169. The Kier molecular flexibility index (Phi) is 9.57. The molecule has 2 aromatic heterocycles. The van der Waals surface area contributed by atoms with Crippen molar-refractivity contribution in [2.75, 3.05) is 0 Å². The first-order chi connectivity index (χ1) is 24.9. The number of benzene rings is 4. The Labute approximate surface area is 324 Å². The zero-order valence-corrected chi connectivity index (χ0v) is 35.4. The van der Waals surface area contributed by atoms with Crippen LogP contribution in [0.5, 0.6) is 5.75 Å². The van der Waals surface area contributed by atoms with Crippen LogP contribution in [-0.4, -0.2) is 19.6 Å². The molecule has 0 aliphatic rings. The maximum absolute atomic E-state index is 11.4. The fourth-order valence-electron chi connectivity index (χ4n) is 7.70. The molecule has 0 bridgehead atoms. The Hall–Kier alpha value is -4.70. The quantitative estimate of drug-likeness (QED) is 0.197. The summed E-state index contributed by atoms with van der Waals surface area (Å²) in [5, 5.41) is 11.4. The first-order valence-electron chi connectivity index (χ1n) is 19.5. The number of fused-ring (bicyclic) bond motifs is 1. The number of hydrogen-bond donors (Lipinski definition) is 1. The molecule has 0 atom stereocenters. The molecule has 6 rings (SSSR count). The van der Waals surface area contributed by atoms with Gasteiger partial charge in [0.1, 0.15) is 11.6 Å². The summed E-state index contributed by atoms with van der Waals surface area (Å²) < 4.78 is 2.32. The van der Waals surface area contributed by atoms with E-state index in [1.165, 1.54) is 27.8 Å². The predicted molar refractivity (Wildman–Crippen MR) is 230 cm³/mol. The third-order valence-electron chi connectivity index (χ3n) is 10.7. The first kappa shape index (κ1) is 39.0. The van der Waals surface area contributed by atoms with Crippen molar-refractivity contribution in [3.63, 3.8) is 0 Å². The average Bonchev–Trinajstić information content (AvgIpc) is 3.45. The molecule has 0 amide bonds. The van der Waals surface area contributed by atoms with E-state index in [2.05, 4.69) is 169 Å². The van der Waals surface area contributed by atoms with Gasteiger partial charge in [0, 0.05) is 17.3 Å². The third kappa shape index (κ3) is 7.25. The zero-order chi connectivity index (χ0) is 39.8. The summed E-state index contributed by atoms with van der Waals surface area (Å²) in [6, 6.07) is 30.1. The number of nitrogens with zero attached hydrogens (tertiary/aromatic N) is 3. The Morgan fingerprint density at radius 1 is 0.481 bits per heavy atom. The minimum absolute atomic E-state index is 0.0130. The molecular formula is C50H61N3O. The van der Waals surface area contributed by atoms with Gasteiger partial charge >= 0.3 is 0 Å². The van der Waals surface area contributed by atoms with Gasteiger partial charge in [-0.1, -0.05) is 152 Å². The van der Waals surface area contributed by atoms with Crippen LogP contribution in [0.2, 0.25) is 0 Å². The van der Waals surface area contributed by atoms with Crippen LogP contribution in [0.4, 0.5) is 0 Å². The summed E-state index contributed by atoms with van der Waals surface area (Å²) in [5.74, 6) is 0.930. The van der Waals surface area contributed by atoms with Gasteiger partial charge in [-0.05, 0) is 96.9 Å². The molecule has 2 heterocycles. The van der Waals surface area contributed by atoms with E-state index in [0.717, 1.165) is 44.9 Å². The van der Waals surface area contributed by atoms with Crippen molar-refractivity contribution < 1.29 is 5.11 Å². The van der Waals surface area contributed by atoms with E-state index >= 15 is 0 Å². The van der Waals surface area contributed by atoms with Crippen molar-refractivity contribution in [3.05, 3.63) is 119 Å². The maximum atomic E-state index is 11.4. The van der Waals surface area contributed by atoms with E-state index in [1.54, 1.807) is 6.07 Å². The normalized spacial score (nSPS) is 13.2. The van der Waals surface area contributed by atoms with Crippen molar-refractivity contribution in [1.82, 2.24) is 14.5 Å². The van der Waals surface area contributed by atoms with Crippen LogP contribution in [0.1, 0.15) is 132 Å². The lowest BCUT2D eigenvalue weighted by Crippen LogP contribution is -2.22. The van der Waals surface area contributed by atoms with Gasteiger partial charge in [0.2, 0.25) is 0 Å². The number of phenolic OH excluding ortho intramolecular Hbond substituents is 1. The van der Waals surface area contributed by atoms with E-state index in [-0.39, 0.29) is 32.8 Å². The van der Waals surface area contributed by atoms with Crippen LogP contribution in [0.15, 0.2) is 91.1 Å². The molecule has 4 heteroatoms. The van der Waals surface area contributed by atoms with Crippen LogP contribution >= 0.6 is 0 Å². The molecule has 0 aliphatic heterocycles. The predicted octanol–water partition coefficient (Wildman–Crippen LogP) is 13.6. The summed E-state index contributed by atoms with van der Waals surface area (Å²) >= 11 is 0. The van der Waals surface area contributed by atoms with Gasteiger partial charge in [0.15, 0.2) is 0 Å². The second-order valence-corrected chi connectivity index (χ2v) is 20.3. The molecule has 54 heavy (non-hydrogen) atoms. The summed E-state index contributed by atoms with van der Waals surface area (Å²) in [4.78, 5) is 10.6. The Balaban J connectivity index is 1.80. The smallest absolute Gasteiger partial charge is 0.149 e. The molecule has 0 saturated carbocycles. The summed E-state index contributed by atoms with van der Waals surface area (Å²) in [5.41, 5.74) is 13.7. The molecule has 4 aromatic carbocycles. The van der Waals surface area contributed by atoms with Crippen LogP contribution in [-0.2, 0) is 27.1 Å². The molecule has 0 spiro atoms. The topological polar surface area (TPSA) is 50.9 Å². The van der Waals surface area contributed by atoms with E-state index in [9.17, 15) is 5.11 Å². The van der Waals surface area contributed by atoms with E-state index < -0.39 is 0 Å². The molecule has 1 N–H and O–H groups in total. The lowest BCUT2D eigenvalue weighted by Gasteiger charge is -2.31. The van der Waals surface area contributed by atoms with Crippen LogP contribution < -0.4 is 0 Å². The van der Waals surface area contributed by atoms with Crippen molar-refractivity contribution in [2.45, 2.75) is 131 Å². The number of aromatic hydroxyl groups is 1. The number of aromatic nitrogens is 3. The number of rotatable bonds is 4. The highest BCUT2D eigenvalue weighted by Gasteiger charge is 2.32. The number of phenols is 1. The molecule has 0 radical (unpaired) electrons. The van der Waals surface area contributed by atoms with Gasteiger partial charge in [-0.3, -0.25) is 9.55 Å². The molecule has 0 saturated heterocycles. The number of hydrogen-bond acceptors (Lipinski definition) is 3. The molecule has 282 valence electrons. The van der Waals surface area contributed by atoms with Crippen molar-refractivity contribution in [1.29, 1.82) is 0 Å². The highest BCUT2D eigenvalue weighted by molar-refractivity contribution is 5.98. The monoisotopic (exact) mass is 719 g/mol.